The Morgan fingerprint density at radius 1 is 1.26 bits per heavy atom. The van der Waals surface area contributed by atoms with E-state index in [0.717, 1.165) is 16.1 Å². The third kappa shape index (κ3) is 4.73. The summed E-state index contributed by atoms with van der Waals surface area (Å²) in [7, 11) is 4.99. The highest BCUT2D eigenvalue weighted by atomic mass is 32.1. The molecule has 8 heteroatoms. The van der Waals surface area contributed by atoms with Gasteiger partial charge < -0.3 is 14.2 Å². The van der Waals surface area contributed by atoms with Crippen LogP contribution in [0.1, 0.15) is 11.3 Å². The first-order chi connectivity index (χ1) is 13.1. The lowest BCUT2D eigenvalue weighted by Crippen LogP contribution is -2.01. The molecule has 0 bridgehead atoms. The van der Waals surface area contributed by atoms with Crippen LogP contribution in [0.3, 0.4) is 0 Å². The summed E-state index contributed by atoms with van der Waals surface area (Å²) in [4.78, 5) is 16.4. The van der Waals surface area contributed by atoms with E-state index < -0.39 is 5.97 Å². The van der Waals surface area contributed by atoms with Gasteiger partial charge in [0.2, 0.25) is 0 Å². The maximum absolute atomic E-state index is 11.9. The minimum atomic E-state index is -0.444. The van der Waals surface area contributed by atoms with Crippen molar-refractivity contribution in [1.82, 2.24) is 14.8 Å². The smallest absolute Gasteiger partial charge is 0.331 e. The first-order valence-electron chi connectivity index (χ1n) is 8.09. The third-order valence-corrected chi connectivity index (χ3v) is 4.63. The highest BCUT2D eigenvalue weighted by Gasteiger charge is 2.08. The van der Waals surface area contributed by atoms with E-state index in [0.29, 0.717) is 17.2 Å². The summed E-state index contributed by atoms with van der Waals surface area (Å²) in [6.45, 7) is 0.117. The number of rotatable bonds is 7. The number of hydrogen-bond donors (Lipinski definition) is 0. The fourth-order valence-electron chi connectivity index (χ4n) is 2.35. The van der Waals surface area contributed by atoms with Gasteiger partial charge in [0.05, 0.1) is 26.1 Å². The van der Waals surface area contributed by atoms with Gasteiger partial charge in [-0.1, -0.05) is 6.07 Å². The molecule has 2 aromatic heterocycles. The molecule has 140 valence electrons. The average molecular weight is 385 g/mol. The van der Waals surface area contributed by atoms with Gasteiger partial charge >= 0.3 is 5.97 Å². The van der Waals surface area contributed by atoms with Crippen LogP contribution in [0.15, 0.2) is 42.0 Å². The van der Waals surface area contributed by atoms with Gasteiger partial charge in [-0.2, -0.15) is 5.10 Å². The Morgan fingerprint density at radius 2 is 2.07 bits per heavy atom. The van der Waals surface area contributed by atoms with E-state index in [2.05, 4.69) is 10.1 Å². The second-order valence-corrected chi connectivity index (χ2v) is 6.46. The molecule has 1 aromatic carbocycles. The summed E-state index contributed by atoms with van der Waals surface area (Å²) in [5.74, 6) is 0.782. The highest BCUT2D eigenvalue weighted by molar-refractivity contribution is 7.13. The normalized spacial score (nSPS) is 10.9. The van der Waals surface area contributed by atoms with Crippen LogP contribution in [0.25, 0.3) is 16.6 Å². The Morgan fingerprint density at radius 3 is 2.78 bits per heavy atom. The standard InChI is InChI=1S/C19H19N3O4S/c1-22-10-14(9-20-22)19-21-15(12-27-19)11-26-18(23)7-5-13-4-6-16(24-2)17(8-13)25-3/h4-10,12H,11H2,1-3H3. The zero-order valence-electron chi connectivity index (χ0n) is 15.2. The summed E-state index contributed by atoms with van der Waals surface area (Å²) in [6, 6.07) is 5.38. The van der Waals surface area contributed by atoms with Crippen LogP contribution in [-0.2, 0) is 23.2 Å². The van der Waals surface area contributed by atoms with E-state index in [9.17, 15) is 4.79 Å². The van der Waals surface area contributed by atoms with Gasteiger partial charge in [-0.3, -0.25) is 4.68 Å². The number of benzene rings is 1. The van der Waals surface area contributed by atoms with Crippen LogP contribution < -0.4 is 9.47 Å². The molecule has 0 N–H and O–H groups in total. The Balaban J connectivity index is 1.57. The second kappa shape index (κ2) is 8.50. The number of ether oxygens (including phenoxy) is 3. The zero-order valence-corrected chi connectivity index (χ0v) is 16.0. The van der Waals surface area contributed by atoms with Crippen LogP contribution in [-0.4, -0.2) is 35.0 Å². The zero-order chi connectivity index (χ0) is 19.2. The molecule has 0 aliphatic rings. The van der Waals surface area contributed by atoms with E-state index in [-0.39, 0.29) is 6.61 Å². The second-order valence-electron chi connectivity index (χ2n) is 5.60. The first-order valence-corrected chi connectivity index (χ1v) is 8.97. The monoisotopic (exact) mass is 385 g/mol. The summed E-state index contributed by atoms with van der Waals surface area (Å²) in [5, 5.41) is 6.84. The lowest BCUT2D eigenvalue weighted by molar-refractivity contribution is -0.139. The maximum Gasteiger partial charge on any atom is 0.331 e. The number of nitrogens with zero attached hydrogens (tertiary/aromatic N) is 3. The quantitative estimate of drug-likeness (QED) is 0.459. The largest absolute Gasteiger partial charge is 0.493 e. The fourth-order valence-corrected chi connectivity index (χ4v) is 3.13. The Labute approximate surface area is 160 Å². The molecule has 2 heterocycles. The molecule has 27 heavy (non-hydrogen) atoms. The summed E-state index contributed by atoms with van der Waals surface area (Å²) < 4.78 is 17.4. The first kappa shape index (κ1) is 18.7. The van der Waals surface area contributed by atoms with Crippen molar-refractivity contribution in [3.05, 3.63) is 53.3 Å². The molecule has 0 radical (unpaired) electrons. The van der Waals surface area contributed by atoms with Crippen LogP contribution in [0.5, 0.6) is 11.5 Å². The summed E-state index contributed by atoms with van der Waals surface area (Å²) >= 11 is 1.49. The van der Waals surface area contributed by atoms with Crippen molar-refractivity contribution in [2.45, 2.75) is 6.61 Å². The summed E-state index contributed by atoms with van der Waals surface area (Å²) in [5.41, 5.74) is 2.44. The third-order valence-electron chi connectivity index (χ3n) is 3.69. The predicted molar refractivity (Wildman–Crippen MR) is 103 cm³/mol. The molecule has 0 amide bonds. The van der Waals surface area contributed by atoms with E-state index in [4.69, 9.17) is 14.2 Å². The minimum Gasteiger partial charge on any atom is -0.493 e. The van der Waals surface area contributed by atoms with Gasteiger partial charge in [-0.15, -0.1) is 11.3 Å². The molecule has 0 aliphatic carbocycles. The number of thiazole rings is 1. The number of aromatic nitrogens is 3. The Kier molecular flexibility index (Phi) is 5.87. The number of esters is 1. The summed E-state index contributed by atoms with van der Waals surface area (Å²) in [6.07, 6.45) is 6.67. The average Bonchev–Trinajstić information content (AvgIpc) is 3.33. The van der Waals surface area contributed by atoms with Gasteiger partial charge in [-0.25, -0.2) is 9.78 Å². The minimum absolute atomic E-state index is 0.117. The molecule has 3 aromatic rings. The molecular weight excluding hydrogens is 366 g/mol. The predicted octanol–water partition coefficient (Wildman–Crippen LogP) is 3.32. The molecule has 0 fully saturated rings. The topological polar surface area (TPSA) is 75.5 Å². The van der Waals surface area contributed by atoms with Crippen molar-refractivity contribution < 1.29 is 19.0 Å². The van der Waals surface area contributed by atoms with Gasteiger partial charge in [-0.05, 0) is 23.8 Å². The molecule has 0 aliphatic heterocycles. The van der Waals surface area contributed by atoms with Crippen molar-refractivity contribution in [3.63, 3.8) is 0 Å². The number of hydrogen-bond acceptors (Lipinski definition) is 7. The fraction of sp³-hybridized carbons (Fsp3) is 0.211. The molecule has 0 atom stereocenters. The molecular formula is C19H19N3O4S. The van der Waals surface area contributed by atoms with Gasteiger partial charge in [0.25, 0.3) is 0 Å². The number of carbonyl (C=O) groups excluding carboxylic acids is 1. The maximum atomic E-state index is 11.9. The molecule has 0 spiro atoms. The van der Waals surface area contributed by atoms with Crippen LogP contribution >= 0.6 is 11.3 Å². The van der Waals surface area contributed by atoms with Crippen LogP contribution in [0, 0.1) is 0 Å². The molecule has 3 rings (SSSR count). The molecule has 0 saturated carbocycles. The lowest BCUT2D eigenvalue weighted by Gasteiger charge is -2.07. The lowest BCUT2D eigenvalue weighted by atomic mass is 10.2. The van der Waals surface area contributed by atoms with Crippen molar-refractivity contribution in [3.8, 4) is 22.1 Å². The van der Waals surface area contributed by atoms with Gasteiger partial charge in [0, 0.05) is 30.3 Å². The Hall–Kier alpha value is -3.13. The molecule has 7 nitrogen and oxygen atoms in total. The van der Waals surface area contributed by atoms with E-state index in [1.54, 1.807) is 43.3 Å². The van der Waals surface area contributed by atoms with Crippen molar-refractivity contribution >= 4 is 23.4 Å². The number of aryl methyl sites for hydroxylation is 1. The highest BCUT2D eigenvalue weighted by Crippen LogP contribution is 2.28. The Bertz CT molecular complexity index is 962. The van der Waals surface area contributed by atoms with Gasteiger partial charge in [0.1, 0.15) is 11.6 Å². The van der Waals surface area contributed by atoms with Crippen LogP contribution in [0.2, 0.25) is 0 Å². The molecule has 0 unspecified atom stereocenters. The van der Waals surface area contributed by atoms with Gasteiger partial charge in [0.15, 0.2) is 11.5 Å². The SMILES string of the molecule is COc1ccc(C=CC(=O)OCc2csc(-c3cnn(C)c3)n2)cc1OC. The van der Waals surface area contributed by atoms with Crippen molar-refractivity contribution in [2.75, 3.05) is 14.2 Å². The number of carbonyl (C=O) groups is 1. The van der Waals surface area contributed by atoms with E-state index in [1.165, 1.54) is 17.4 Å². The van der Waals surface area contributed by atoms with Crippen molar-refractivity contribution in [1.29, 1.82) is 0 Å². The number of methoxy groups -OCH3 is 2. The van der Waals surface area contributed by atoms with E-state index >= 15 is 0 Å². The van der Waals surface area contributed by atoms with Crippen molar-refractivity contribution in [2.24, 2.45) is 7.05 Å². The van der Waals surface area contributed by atoms with Crippen LogP contribution in [0.4, 0.5) is 0 Å². The molecule has 0 saturated heterocycles. The van der Waals surface area contributed by atoms with E-state index in [1.807, 2.05) is 24.7 Å².